The van der Waals surface area contributed by atoms with Crippen LogP contribution in [-0.2, 0) is 6.54 Å². The second kappa shape index (κ2) is 9.13. The lowest BCUT2D eigenvalue weighted by molar-refractivity contribution is 0.0941. The fraction of sp³-hybridized carbons (Fsp3) is 0.0833. The minimum Gasteiger partial charge on any atom is -0.459 e. The predicted octanol–water partition coefficient (Wildman–Crippen LogP) is 3.32. The maximum absolute atomic E-state index is 12.7. The fourth-order valence-corrected chi connectivity index (χ4v) is 3.16. The largest absolute Gasteiger partial charge is 0.459 e. The molecule has 4 rings (SSSR count). The first-order chi connectivity index (χ1) is 15.5. The minimum atomic E-state index is -0.579. The summed E-state index contributed by atoms with van der Waals surface area (Å²) in [6.45, 7) is 1.91. The van der Waals surface area contributed by atoms with E-state index >= 15 is 0 Å². The van der Waals surface area contributed by atoms with Gasteiger partial charge in [0.2, 0.25) is 5.43 Å². The first kappa shape index (κ1) is 20.8. The molecule has 0 radical (unpaired) electrons. The molecule has 0 bridgehead atoms. The summed E-state index contributed by atoms with van der Waals surface area (Å²) < 4.78 is 6.64. The van der Waals surface area contributed by atoms with E-state index in [1.54, 1.807) is 48.0 Å². The van der Waals surface area contributed by atoms with Gasteiger partial charge in [0.25, 0.3) is 11.8 Å². The molecule has 4 aromatic rings. The topological polar surface area (TPSA) is 106 Å². The molecule has 8 heteroatoms. The number of nitrogens with zero attached hydrogens (tertiary/aromatic N) is 2. The maximum atomic E-state index is 12.7. The van der Waals surface area contributed by atoms with Crippen molar-refractivity contribution in [1.29, 1.82) is 0 Å². The van der Waals surface area contributed by atoms with E-state index < -0.39 is 11.3 Å². The number of carbonyl (C=O) groups excluding carboxylic acids is 2. The Labute approximate surface area is 183 Å². The van der Waals surface area contributed by atoms with Crippen LogP contribution >= 0.6 is 0 Å². The van der Waals surface area contributed by atoms with E-state index in [0.29, 0.717) is 11.4 Å². The van der Waals surface area contributed by atoms with Gasteiger partial charge in [0, 0.05) is 24.0 Å². The van der Waals surface area contributed by atoms with Crippen molar-refractivity contribution in [3.8, 4) is 5.69 Å². The van der Waals surface area contributed by atoms with E-state index in [2.05, 4.69) is 15.7 Å². The number of nitrogens with one attached hydrogen (secondary N) is 2. The molecule has 0 spiro atoms. The van der Waals surface area contributed by atoms with Crippen molar-refractivity contribution in [1.82, 2.24) is 15.1 Å². The number of aromatic nitrogens is 2. The normalized spacial score (nSPS) is 10.5. The van der Waals surface area contributed by atoms with Crippen LogP contribution in [0.3, 0.4) is 0 Å². The van der Waals surface area contributed by atoms with Gasteiger partial charge in [-0.1, -0.05) is 30.3 Å². The number of hydrogen-bond donors (Lipinski definition) is 2. The van der Waals surface area contributed by atoms with Gasteiger partial charge in [0.1, 0.15) is 0 Å². The number of rotatable bonds is 6. The molecule has 0 saturated carbocycles. The number of carbonyl (C=O) groups is 2. The zero-order chi connectivity index (χ0) is 22.5. The van der Waals surface area contributed by atoms with Crippen molar-refractivity contribution in [3.05, 3.63) is 112 Å². The lowest BCUT2D eigenvalue weighted by atomic mass is 10.2. The van der Waals surface area contributed by atoms with Gasteiger partial charge in [0.05, 0.1) is 12.0 Å². The first-order valence-corrected chi connectivity index (χ1v) is 9.89. The molecule has 2 N–H and O–H groups in total. The summed E-state index contributed by atoms with van der Waals surface area (Å²) in [5, 5.41) is 9.71. The highest BCUT2D eigenvalue weighted by molar-refractivity contribution is 6.02. The molecule has 2 heterocycles. The zero-order valence-corrected chi connectivity index (χ0v) is 17.2. The van der Waals surface area contributed by atoms with Gasteiger partial charge in [-0.25, -0.2) is 4.68 Å². The van der Waals surface area contributed by atoms with E-state index in [9.17, 15) is 14.4 Å². The summed E-state index contributed by atoms with van der Waals surface area (Å²) in [6, 6.07) is 20.9. The highest BCUT2D eigenvalue weighted by atomic mass is 16.3. The molecule has 8 nitrogen and oxygen atoms in total. The minimum absolute atomic E-state index is 0.156. The number of hydrogen-bond acceptors (Lipinski definition) is 5. The molecule has 2 aromatic carbocycles. The van der Waals surface area contributed by atoms with Crippen molar-refractivity contribution in [2.24, 2.45) is 0 Å². The van der Waals surface area contributed by atoms with E-state index in [4.69, 9.17) is 4.42 Å². The van der Waals surface area contributed by atoms with Gasteiger partial charge in [-0.3, -0.25) is 14.4 Å². The predicted molar refractivity (Wildman–Crippen MR) is 119 cm³/mol. The molecule has 0 saturated heterocycles. The smallest absolute Gasteiger partial charge is 0.291 e. The molecule has 32 heavy (non-hydrogen) atoms. The quantitative estimate of drug-likeness (QED) is 0.490. The zero-order valence-electron chi connectivity index (χ0n) is 17.2. The monoisotopic (exact) mass is 428 g/mol. The molecule has 160 valence electrons. The van der Waals surface area contributed by atoms with E-state index in [0.717, 1.165) is 11.3 Å². The highest BCUT2D eigenvalue weighted by Crippen LogP contribution is 2.13. The molecule has 0 atom stereocenters. The van der Waals surface area contributed by atoms with Crippen LogP contribution in [0.5, 0.6) is 0 Å². The van der Waals surface area contributed by atoms with Gasteiger partial charge in [-0.15, -0.1) is 0 Å². The Hall–Kier alpha value is -4.46. The SMILES string of the molecule is Cc1cc(=O)c(C(=O)NCc2cccc(NC(=O)c3ccco3)c2)nn1-c1ccccc1. The van der Waals surface area contributed by atoms with Crippen LogP contribution in [0.4, 0.5) is 5.69 Å². The number of aryl methyl sites for hydroxylation is 1. The highest BCUT2D eigenvalue weighted by Gasteiger charge is 2.15. The molecular formula is C24H20N4O4. The van der Waals surface area contributed by atoms with E-state index in [1.807, 2.05) is 30.3 Å². The lowest BCUT2D eigenvalue weighted by Gasteiger charge is -2.11. The Morgan fingerprint density at radius 3 is 2.53 bits per heavy atom. The van der Waals surface area contributed by atoms with Crippen molar-refractivity contribution < 1.29 is 14.0 Å². The summed E-state index contributed by atoms with van der Waals surface area (Å²) in [7, 11) is 0. The molecular weight excluding hydrogens is 408 g/mol. The van der Waals surface area contributed by atoms with Gasteiger partial charge in [-0.05, 0) is 48.9 Å². The summed E-state index contributed by atoms with van der Waals surface area (Å²) in [5.74, 6) is -0.755. The number of para-hydroxylation sites is 1. The van der Waals surface area contributed by atoms with Gasteiger partial charge >= 0.3 is 0 Å². The summed E-state index contributed by atoms with van der Waals surface area (Å²) in [5.41, 5.74) is 2.02. The Morgan fingerprint density at radius 2 is 1.78 bits per heavy atom. The molecule has 0 aliphatic carbocycles. The lowest BCUT2D eigenvalue weighted by Crippen LogP contribution is -2.31. The van der Waals surface area contributed by atoms with E-state index in [-0.39, 0.29) is 23.9 Å². The Balaban J connectivity index is 1.47. The average Bonchev–Trinajstić information content (AvgIpc) is 3.34. The fourth-order valence-electron chi connectivity index (χ4n) is 3.16. The third kappa shape index (κ3) is 4.65. The second-order valence-corrected chi connectivity index (χ2v) is 7.06. The van der Waals surface area contributed by atoms with Crippen LogP contribution < -0.4 is 16.1 Å². The molecule has 0 unspecified atom stereocenters. The summed E-state index contributed by atoms with van der Waals surface area (Å²) in [4.78, 5) is 37.2. The maximum Gasteiger partial charge on any atom is 0.291 e. The van der Waals surface area contributed by atoms with Gasteiger partial charge in [-0.2, -0.15) is 5.10 Å². The number of amides is 2. The summed E-state index contributed by atoms with van der Waals surface area (Å²) >= 11 is 0. The average molecular weight is 428 g/mol. The van der Waals surface area contributed by atoms with Crippen LogP contribution in [0.15, 0.2) is 88.3 Å². The third-order valence-corrected chi connectivity index (χ3v) is 4.71. The Kier molecular flexibility index (Phi) is 5.94. The number of furan rings is 1. The second-order valence-electron chi connectivity index (χ2n) is 7.06. The number of benzene rings is 2. The van der Waals surface area contributed by atoms with Crippen LogP contribution in [0, 0.1) is 6.92 Å². The molecule has 2 aromatic heterocycles. The van der Waals surface area contributed by atoms with Crippen molar-refractivity contribution in [2.45, 2.75) is 13.5 Å². The molecule has 2 amide bonds. The first-order valence-electron chi connectivity index (χ1n) is 9.89. The van der Waals surface area contributed by atoms with E-state index in [1.165, 1.54) is 12.3 Å². The van der Waals surface area contributed by atoms with Crippen LogP contribution in [0.25, 0.3) is 5.69 Å². The van der Waals surface area contributed by atoms with Crippen LogP contribution in [-0.4, -0.2) is 21.6 Å². The number of anilines is 1. The molecule has 0 fully saturated rings. The van der Waals surface area contributed by atoms with Crippen LogP contribution in [0.1, 0.15) is 32.3 Å². The Morgan fingerprint density at radius 1 is 0.969 bits per heavy atom. The molecule has 0 aliphatic rings. The molecule has 0 aliphatic heterocycles. The van der Waals surface area contributed by atoms with Crippen LogP contribution in [0.2, 0.25) is 0 Å². The van der Waals surface area contributed by atoms with Gasteiger partial charge < -0.3 is 15.1 Å². The van der Waals surface area contributed by atoms with Crippen molar-refractivity contribution in [3.63, 3.8) is 0 Å². The summed E-state index contributed by atoms with van der Waals surface area (Å²) in [6.07, 6.45) is 1.42. The van der Waals surface area contributed by atoms with Crippen molar-refractivity contribution in [2.75, 3.05) is 5.32 Å². The van der Waals surface area contributed by atoms with Crippen molar-refractivity contribution >= 4 is 17.5 Å². The van der Waals surface area contributed by atoms with Gasteiger partial charge in [0.15, 0.2) is 11.5 Å². The third-order valence-electron chi connectivity index (χ3n) is 4.71. The Bertz CT molecular complexity index is 1310. The standard InChI is InChI=1S/C24H20N4O4/c1-16-13-20(29)22(27-28(16)19-9-3-2-4-10-19)24(31)25-15-17-7-5-8-18(14-17)26-23(30)21-11-6-12-32-21/h2-14H,15H2,1H3,(H,25,31)(H,26,30).